The number of amides is 4. The number of Topliss-reactive ketones (excluding diaryl/α,β-unsaturated/α-hetero) is 1. The van der Waals surface area contributed by atoms with Gasteiger partial charge >= 0.3 is 11.8 Å². The van der Waals surface area contributed by atoms with Gasteiger partial charge in [-0.3, -0.25) is 24.0 Å². The molecule has 2 rings (SSSR count). The number of benzene rings is 1. The number of ether oxygens (including phenoxy) is 1. The zero-order valence-corrected chi connectivity index (χ0v) is 19.2. The number of carbonyl (C=O) groups excluding carboxylic acids is 5. The average molecular weight is 500 g/mol. The lowest BCUT2D eigenvalue weighted by Crippen LogP contribution is -2.54. The molecule has 0 bridgehead atoms. The molecule has 1 aliphatic heterocycles. The molecular formula is C22H27F3N4O6. The van der Waals surface area contributed by atoms with Gasteiger partial charge in [-0.05, 0) is 25.2 Å². The summed E-state index contributed by atoms with van der Waals surface area (Å²) in [6.07, 6.45) is 0.332. The standard InChI is InChI=1S/C22H27F3N4O6/c1-10(2)5-16(29-22(34)19(26)31)21(33)28-15(6-11-3-4-27-20(11)32)17(30)9-35-18-13(24)7-12(23)8-14(18)25/h7-8,10-11,15-16H,3-6,9H2,1-2H3,(H2,26,31)(H,27,32)(H,28,33)(H,29,34)/t11-,15-,16-/m0/s1. The summed E-state index contributed by atoms with van der Waals surface area (Å²) in [4.78, 5) is 60.6. The van der Waals surface area contributed by atoms with Gasteiger partial charge in [0.1, 0.15) is 18.5 Å². The van der Waals surface area contributed by atoms with E-state index >= 15 is 0 Å². The van der Waals surface area contributed by atoms with Crippen LogP contribution in [-0.2, 0) is 24.0 Å². The molecular weight excluding hydrogens is 473 g/mol. The molecule has 0 radical (unpaired) electrons. The van der Waals surface area contributed by atoms with Crippen LogP contribution in [0.25, 0.3) is 0 Å². The van der Waals surface area contributed by atoms with E-state index in [4.69, 9.17) is 10.5 Å². The fourth-order valence-corrected chi connectivity index (χ4v) is 3.54. The maximum absolute atomic E-state index is 13.8. The minimum Gasteiger partial charge on any atom is -0.480 e. The summed E-state index contributed by atoms with van der Waals surface area (Å²) in [5.41, 5.74) is 4.93. The second kappa shape index (κ2) is 12.2. The third-order valence-corrected chi connectivity index (χ3v) is 5.26. The van der Waals surface area contributed by atoms with Gasteiger partial charge in [0, 0.05) is 24.6 Å². The third-order valence-electron chi connectivity index (χ3n) is 5.26. The number of nitrogens with two attached hydrogens (primary N) is 1. The molecule has 1 fully saturated rings. The van der Waals surface area contributed by atoms with E-state index < -0.39 is 71.3 Å². The first kappa shape index (κ1) is 27.6. The minimum atomic E-state index is -1.36. The Labute approximate surface area is 199 Å². The Bertz CT molecular complexity index is 980. The second-order valence-electron chi connectivity index (χ2n) is 8.55. The largest absolute Gasteiger partial charge is 0.480 e. The molecule has 0 aromatic heterocycles. The van der Waals surface area contributed by atoms with E-state index in [2.05, 4.69) is 16.0 Å². The summed E-state index contributed by atoms with van der Waals surface area (Å²) in [7, 11) is 0. The number of rotatable bonds is 11. The van der Waals surface area contributed by atoms with Crippen LogP contribution < -0.4 is 26.4 Å². The average Bonchev–Trinajstić information content (AvgIpc) is 3.15. The van der Waals surface area contributed by atoms with Crippen molar-refractivity contribution in [3.63, 3.8) is 0 Å². The maximum Gasteiger partial charge on any atom is 0.309 e. The van der Waals surface area contributed by atoms with Crippen LogP contribution in [-0.4, -0.2) is 54.6 Å². The van der Waals surface area contributed by atoms with Crippen molar-refractivity contribution in [2.75, 3.05) is 13.2 Å². The molecule has 4 amide bonds. The van der Waals surface area contributed by atoms with Gasteiger partial charge in [-0.25, -0.2) is 13.2 Å². The number of hydrogen-bond acceptors (Lipinski definition) is 6. The van der Waals surface area contributed by atoms with Crippen molar-refractivity contribution < 1.29 is 41.9 Å². The normalized spacial score (nSPS) is 16.9. The van der Waals surface area contributed by atoms with Crippen LogP contribution in [0.5, 0.6) is 5.75 Å². The highest BCUT2D eigenvalue weighted by atomic mass is 19.1. The van der Waals surface area contributed by atoms with E-state index in [1.807, 2.05) is 0 Å². The van der Waals surface area contributed by atoms with Crippen LogP contribution in [0.1, 0.15) is 33.1 Å². The van der Waals surface area contributed by atoms with Crippen molar-refractivity contribution in [1.29, 1.82) is 0 Å². The highest BCUT2D eigenvalue weighted by Crippen LogP contribution is 2.23. The zero-order chi connectivity index (χ0) is 26.3. The number of hydrogen-bond donors (Lipinski definition) is 4. The van der Waals surface area contributed by atoms with Crippen molar-refractivity contribution in [3.8, 4) is 5.75 Å². The van der Waals surface area contributed by atoms with Gasteiger partial charge < -0.3 is 26.4 Å². The van der Waals surface area contributed by atoms with E-state index in [1.165, 1.54) is 0 Å². The maximum atomic E-state index is 13.8. The van der Waals surface area contributed by atoms with Crippen molar-refractivity contribution >= 4 is 29.4 Å². The Balaban J connectivity index is 2.19. The predicted octanol–water partition coefficient (Wildman–Crippen LogP) is 0.0790. The Morgan fingerprint density at radius 2 is 1.74 bits per heavy atom. The predicted molar refractivity (Wildman–Crippen MR) is 115 cm³/mol. The lowest BCUT2D eigenvalue weighted by atomic mass is 9.95. The van der Waals surface area contributed by atoms with Gasteiger partial charge in [-0.2, -0.15) is 0 Å². The fraction of sp³-hybridized carbons (Fsp3) is 0.500. The van der Waals surface area contributed by atoms with Gasteiger partial charge in [0.25, 0.3) is 0 Å². The lowest BCUT2D eigenvalue weighted by molar-refractivity contribution is -0.139. The second-order valence-corrected chi connectivity index (χ2v) is 8.55. The number of nitrogens with one attached hydrogen (secondary N) is 3. The molecule has 3 atom stereocenters. The summed E-state index contributed by atoms with van der Waals surface area (Å²) in [6, 6.07) is -1.80. The Morgan fingerprint density at radius 1 is 1.11 bits per heavy atom. The van der Waals surface area contributed by atoms with E-state index in [0.29, 0.717) is 25.1 Å². The molecule has 0 spiro atoms. The van der Waals surface area contributed by atoms with Crippen molar-refractivity contribution in [2.24, 2.45) is 17.6 Å². The van der Waals surface area contributed by atoms with Crippen LogP contribution in [0.4, 0.5) is 13.2 Å². The summed E-state index contributed by atoms with van der Waals surface area (Å²) in [5, 5.41) is 7.21. The van der Waals surface area contributed by atoms with Crippen LogP contribution in [0, 0.1) is 29.3 Å². The van der Waals surface area contributed by atoms with Gasteiger partial charge in [-0.1, -0.05) is 13.8 Å². The Morgan fingerprint density at radius 3 is 2.26 bits per heavy atom. The van der Waals surface area contributed by atoms with Gasteiger partial charge in [0.05, 0.1) is 6.04 Å². The van der Waals surface area contributed by atoms with Gasteiger partial charge in [0.2, 0.25) is 11.8 Å². The summed E-state index contributed by atoms with van der Waals surface area (Å²) >= 11 is 0. The lowest BCUT2D eigenvalue weighted by Gasteiger charge is -2.25. The molecule has 1 aromatic carbocycles. The number of primary amides is 1. The van der Waals surface area contributed by atoms with Crippen molar-refractivity contribution in [3.05, 3.63) is 29.6 Å². The smallest absolute Gasteiger partial charge is 0.309 e. The molecule has 35 heavy (non-hydrogen) atoms. The SMILES string of the molecule is CC(C)C[C@H](NC(=O)C(N)=O)C(=O)N[C@@H](C[C@@H]1CCNC1=O)C(=O)COc1c(F)cc(F)cc1F. The molecule has 0 unspecified atom stereocenters. The minimum absolute atomic E-state index is 0.0954. The Hall–Kier alpha value is -3.64. The number of halogens is 3. The summed E-state index contributed by atoms with van der Waals surface area (Å²) in [5.74, 6) is -10.1. The molecule has 1 saturated heterocycles. The topological polar surface area (TPSA) is 157 Å². The van der Waals surface area contributed by atoms with Crippen LogP contribution in [0.2, 0.25) is 0 Å². The third kappa shape index (κ3) is 7.97. The number of ketones is 1. The fourth-order valence-electron chi connectivity index (χ4n) is 3.54. The Kier molecular flexibility index (Phi) is 9.60. The molecule has 5 N–H and O–H groups in total. The first-order valence-corrected chi connectivity index (χ1v) is 10.9. The van der Waals surface area contributed by atoms with Crippen LogP contribution >= 0.6 is 0 Å². The molecule has 13 heteroatoms. The van der Waals surface area contributed by atoms with E-state index in [9.17, 15) is 37.1 Å². The van der Waals surface area contributed by atoms with E-state index in [-0.39, 0.29) is 24.7 Å². The van der Waals surface area contributed by atoms with Crippen molar-refractivity contribution in [1.82, 2.24) is 16.0 Å². The van der Waals surface area contributed by atoms with Gasteiger partial charge in [0.15, 0.2) is 23.2 Å². The van der Waals surface area contributed by atoms with Crippen LogP contribution in [0.15, 0.2) is 12.1 Å². The molecule has 1 aromatic rings. The molecule has 0 saturated carbocycles. The highest BCUT2D eigenvalue weighted by molar-refractivity contribution is 6.34. The first-order valence-electron chi connectivity index (χ1n) is 10.9. The number of carbonyl (C=O) groups is 5. The zero-order valence-electron chi connectivity index (χ0n) is 19.2. The molecule has 10 nitrogen and oxygen atoms in total. The molecule has 192 valence electrons. The monoisotopic (exact) mass is 500 g/mol. The van der Waals surface area contributed by atoms with Gasteiger partial charge in [-0.15, -0.1) is 0 Å². The molecule has 1 aliphatic rings. The summed E-state index contributed by atoms with van der Waals surface area (Å²) in [6.45, 7) is 2.97. The van der Waals surface area contributed by atoms with E-state index in [1.54, 1.807) is 13.8 Å². The summed E-state index contributed by atoms with van der Waals surface area (Å²) < 4.78 is 45.7. The molecule has 0 aliphatic carbocycles. The van der Waals surface area contributed by atoms with Crippen LogP contribution in [0.3, 0.4) is 0 Å². The highest BCUT2D eigenvalue weighted by Gasteiger charge is 2.34. The van der Waals surface area contributed by atoms with Crippen molar-refractivity contribution in [2.45, 2.75) is 45.2 Å². The quantitative estimate of drug-likeness (QED) is 0.315. The first-order chi connectivity index (χ1) is 16.4. The molecule has 1 heterocycles. The van der Waals surface area contributed by atoms with E-state index in [0.717, 1.165) is 0 Å².